The second kappa shape index (κ2) is 10.5. The summed E-state index contributed by atoms with van der Waals surface area (Å²) >= 11 is 0. The van der Waals surface area contributed by atoms with Crippen LogP contribution < -0.4 is 15.1 Å². The van der Waals surface area contributed by atoms with Crippen molar-refractivity contribution in [2.45, 2.75) is 52.2 Å². The molecule has 0 spiro atoms. The van der Waals surface area contributed by atoms with Crippen LogP contribution in [-0.2, 0) is 20.8 Å². The lowest BCUT2D eigenvalue weighted by atomic mass is 9.76. The lowest BCUT2D eigenvalue weighted by molar-refractivity contribution is -0.124. The lowest BCUT2D eigenvalue weighted by Crippen LogP contribution is -2.40. The average Bonchev–Trinajstić information content (AvgIpc) is 3.06. The minimum absolute atomic E-state index is 0.0361. The van der Waals surface area contributed by atoms with Gasteiger partial charge in [-0.05, 0) is 61.8 Å². The van der Waals surface area contributed by atoms with Crippen molar-refractivity contribution in [3.8, 4) is 0 Å². The number of carbonyl (C=O) groups is 1. The minimum Gasteiger partial charge on any atom is -0.381 e. The zero-order valence-electron chi connectivity index (χ0n) is 21.2. The van der Waals surface area contributed by atoms with Crippen molar-refractivity contribution < 1.29 is 14.3 Å². The number of methoxy groups -OCH3 is 1. The molecule has 1 aliphatic carbocycles. The molecule has 2 fully saturated rings. The molecule has 3 aliphatic rings. The van der Waals surface area contributed by atoms with Crippen LogP contribution in [0.2, 0.25) is 0 Å². The molecule has 5 rings (SSSR count). The summed E-state index contributed by atoms with van der Waals surface area (Å²) in [5, 5.41) is 3.50. The van der Waals surface area contributed by atoms with E-state index in [9.17, 15) is 4.79 Å². The van der Waals surface area contributed by atoms with Crippen LogP contribution in [0.25, 0.3) is 0 Å². The van der Waals surface area contributed by atoms with Crippen molar-refractivity contribution in [3.05, 3.63) is 42.1 Å². The number of amides is 1. The van der Waals surface area contributed by atoms with Crippen molar-refractivity contribution in [3.63, 3.8) is 0 Å². The number of anilines is 4. The summed E-state index contributed by atoms with van der Waals surface area (Å²) in [5.41, 5.74) is 4.05. The molecule has 7 nitrogen and oxygen atoms in total. The normalized spacial score (nSPS) is 23.2. The number of ether oxygens (including phenoxy) is 2. The van der Waals surface area contributed by atoms with E-state index in [0.29, 0.717) is 18.4 Å². The number of rotatable bonds is 5. The monoisotopic (exact) mass is 478 g/mol. The van der Waals surface area contributed by atoms with Gasteiger partial charge in [0, 0.05) is 43.6 Å². The number of hydrogen-bond acceptors (Lipinski definition) is 6. The zero-order valence-corrected chi connectivity index (χ0v) is 21.2. The Kier molecular flexibility index (Phi) is 7.25. The van der Waals surface area contributed by atoms with Gasteiger partial charge < -0.3 is 24.6 Å². The molecule has 35 heavy (non-hydrogen) atoms. The summed E-state index contributed by atoms with van der Waals surface area (Å²) < 4.78 is 11.4. The van der Waals surface area contributed by atoms with Gasteiger partial charge in [-0.2, -0.15) is 0 Å². The molecule has 2 aliphatic heterocycles. The van der Waals surface area contributed by atoms with Gasteiger partial charge in [0.15, 0.2) is 0 Å². The second-order valence-electron chi connectivity index (χ2n) is 10.4. The fourth-order valence-electron chi connectivity index (χ4n) is 6.05. The number of benzene rings is 1. The first-order chi connectivity index (χ1) is 17.0. The van der Waals surface area contributed by atoms with Gasteiger partial charge in [0.25, 0.3) is 0 Å². The van der Waals surface area contributed by atoms with E-state index in [-0.39, 0.29) is 17.9 Å². The van der Waals surface area contributed by atoms with E-state index in [1.807, 2.05) is 18.1 Å². The molecule has 1 saturated carbocycles. The Labute approximate surface area is 208 Å². The highest BCUT2D eigenvalue weighted by Gasteiger charge is 2.36. The number of fused-ring (bicyclic) bond motifs is 2. The Morgan fingerprint density at radius 2 is 1.91 bits per heavy atom. The topological polar surface area (TPSA) is 66.9 Å². The number of carbonyl (C=O) groups excluding carboxylic acids is 1. The molecule has 0 unspecified atom stereocenters. The third-order valence-electron chi connectivity index (χ3n) is 7.90. The number of nitrogens with zero attached hydrogens (tertiary/aromatic N) is 3. The van der Waals surface area contributed by atoms with Crippen LogP contribution in [0.1, 0.15) is 45.1 Å². The van der Waals surface area contributed by atoms with E-state index in [0.717, 1.165) is 80.4 Å². The Hall–Kier alpha value is -2.64. The molecular formula is C28H38N4O3. The molecule has 2 aromatic rings. The lowest BCUT2D eigenvalue weighted by Gasteiger charge is -2.36. The molecule has 0 radical (unpaired) electrons. The molecule has 7 heteroatoms. The number of pyridine rings is 1. The predicted octanol–water partition coefficient (Wildman–Crippen LogP) is 4.99. The molecule has 1 aromatic carbocycles. The fourth-order valence-corrected chi connectivity index (χ4v) is 6.05. The number of hydrogen-bond donors (Lipinski definition) is 1. The predicted molar refractivity (Wildman–Crippen MR) is 139 cm³/mol. The maximum atomic E-state index is 14.1. The summed E-state index contributed by atoms with van der Waals surface area (Å²) in [4.78, 5) is 23.0. The Morgan fingerprint density at radius 1 is 1.14 bits per heavy atom. The van der Waals surface area contributed by atoms with Crippen LogP contribution in [0.4, 0.5) is 22.9 Å². The van der Waals surface area contributed by atoms with E-state index in [1.54, 1.807) is 6.20 Å². The molecule has 1 aromatic heterocycles. The largest absolute Gasteiger partial charge is 0.381 e. The fraction of sp³-hybridized carbons (Fsp3) is 0.571. The van der Waals surface area contributed by atoms with Crippen molar-refractivity contribution in [2.24, 2.45) is 17.8 Å². The summed E-state index contributed by atoms with van der Waals surface area (Å²) in [6.07, 6.45) is 5.98. The zero-order chi connectivity index (χ0) is 24.4. The maximum Gasteiger partial charge on any atom is 0.230 e. The number of nitrogens with one attached hydrogen (secondary N) is 1. The van der Waals surface area contributed by atoms with Gasteiger partial charge in [0.05, 0.1) is 37.2 Å². The Bertz CT molecular complexity index is 1030. The van der Waals surface area contributed by atoms with Crippen LogP contribution in [0.3, 0.4) is 0 Å². The standard InChI is InChI=1S/C28H38N4O3/c1-19(2)26(34-3)20-6-8-21(9-7-20)28(33)32-18-22-5-4-12-29-27(22)30-24-11-10-23(17-25(24)32)31-13-15-35-16-14-31/h4-5,10-12,17,19-21,26H,6-9,13-16,18H2,1-3H3,(H,29,30)/t20-,21+,26-/m1/s1. The summed E-state index contributed by atoms with van der Waals surface area (Å²) in [6.45, 7) is 8.17. The third-order valence-corrected chi connectivity index (χ3v) is 7.90. The molecule has 188 valence electrons. The molecule has 3 heterocycles. The quantitative estimate of drug-likeness (QED) is 0.653. The van der Waals surface area contributed by atoms with Crippen LogP contribution >= 0.6 is 0 Å². The first-order valence-electron chi connectivity index (χ1n) is 13.1. The highest BCUT2D eigenvalue weighted by atomic mass is 16.5. The van der Waals surface area contributed by atoms with E-state index in [1.165, 1.54) is 0 Å². The second-order valence-corrected chi connectivity index (χ2v) is 10.4. The van der Waals surface area contributed by atoms with Gasteiger partial charge >= 0.3 is 0 Å². The Morgan fingerprint density at radius 3 is 2.63 bits per heavy atom. The van der Waals surface area contributed by atoms with Crippen molar-refractivity contribution in [2.75, 3.05) is 48.5 Å². The molecule has 1 saturated heterocycles. The van der Waals surface area contributed by atoms with Gasteiger partial charge in [-0.25, -0.2) is 4.98 Å². The molecule has 1 amide bonds. The molecular weight excluding hydrogens is 440 g/mol. The van der Waals surface area contributed by atoms with Crippen LogP contribution in [0.15, 0.2) is 36.5 Å². The van der Waals surface area contributed by atoms with Crippen LogP contribution in [0.5, 0.6) is 0 Å². The summed E-state index contributed by atoms with van der Waals surface area (Å²) in [6, 6.07) is 10.4. The summed E-state index contributed by atoms with van der Waals surface area (Å²) in [5.74, 6) is 2.10. The highest BCUT2D eigenvalue weighted by molar-refractivity contribution is 6.00. The van der Waals surface area contributed by atoms with Gasteiger partial charge in [0.2, 0.25) is 5.91 Å². The third kappa shape index (κ3) is 5.02. The molecule has 0 bridgehead atoms. The Balaban J connectivity index is 1.42. The molecule has 1 N–H and O–H groups in total. The SMILES string of the molecule is CO[C@H](C(C)C)[C@H]1CC[C@@H](C(=O)N2Cc3cccnc3Nc3ccc(N4CCOCC4)cc32)CC1. The van der Waals surface area contributed by atoms with Crippen LogP contribution in [-0.4, -0.2) is 50.4 Å². The van der Waals surface area contributed by atoms with Crippen molar-refractivity contribution >= 4 is 28.8 Å². The van der Waals surface area contributed by atoms with E-state index in [2.05, 4.69) is 53.3 Å². The highest BCUT2D eigenvalue weighted by Crippen LogP contribution is 2.41. The van der Waals surface area contributed by atoms with E-state index in [4.69, 9.17) is 9.47 Å². The summed E-state index contributed by atoms with van der Waals surface area (Å²) in [7, 11) is 1.82. The van der Waals surface area contributed by atoms with E-state index >= 15 is 0 Å². The maximum absolute atomic E-state index is 14.1. The first-order valence-corrected chi connectivity index (χ1v) is 13.1. The van der Waals surface area contributed by atoms with Gasteiger partial charge in [-0.15, -0.1) is 0 Å². The van der Waals surface area contributed by atoms with Gasteiger partial charge in [0.1, 0.15) is 5.82 Å². The smallest absolute Gasteiger partial charge is 0.230 e. The van der Waals surface area contributed by atoms with Crippen LogP contribution in [0, 0.1) is 17.8 Å². The number of morpholine rings is 1. The van der Waals surface area contributed by atoms with Crippen molar-refractivity contribution in [1.29, 1.82) is 0 Å². The van der Waals surface area contributed by atoms with Gasteiger partial charge in [-0.3, -0.25) is 4.79 Å². The first kappa shape index (κ1) is 24.1. The average molecular weight is 479 g/mol. The minimum atomic E-state index is 0.0361. The van der Waals surface area contributed by atoms with E-state index < -0.39 is 0 Å². The van der Waals surface area contributed by atoms with Crippen molar-refractivity contribution in [1.82, 2.24) is 4.98 Å². The van der Waals surface area contributed by atoms with Gasteiger partial charge in [-0.1, -0.05) is 19.9 Å². The molecule has 1 atom stereocenters. The number of aromatic nitrogens is 1.